The number of carbonyl (C=O) groups excluding carboxylic acids is 1. The lowest BCUT2D eigenvalue weighted by molar-refractivity contribution is -0.130. The van der Waals surface area contributed by atoms with Crippen molar-refractivity contribution in [1.82, 2.24) is 24.0 Å². The molecule has 0 unspecified atom stereocenters. The number of hydrogen-bond acceptors (Lipinski definition) is 5. The predicted molar refractivity (Wildman–Crippen MR) is 138 cm³/mol. The Labute approximate surface area is 205 Å². The van der Waals surface area contributed by atoms with E-state index in [1.54, 1.807) is 20.4 Å². The third-order valence-corrected chi connectivity index (χ3v) is 6.98. The summed E-state index contributed by atoms with van der Waals surface area (Å²) in [7, 11) is 3.77. The minimum atomic E-state index is 0.173. The molecular weight excluding hydrogens is 440 g/mol. The van der Waals surface area contributed by atoms with Gasteiger partial charge in [-0.05, 0) is 49.9 Å². The van der Waals surface area contributed by atoms with Crippen LogP contribution in [-0.4, -0.2) is 50.1 Å². The minimum absolute atomic E-state index is 0.173. The van der Waals surface area contributed by atoms with E-state index < -0.39 is 0 Å². The van der Waals surface area contributed by atoms with E-state index in [2.05, 4.69) is 40.1 Å². The van der Waals surface area contributed by atoms with Crippen molar-refractivity contribution >= 4 is 28.3 Å². The van der Waals surface area contributed by atoms with Crippen LogP contribution in [-0.2, 0) is 18.3 Å². The smallest absolute Gasteiger partial charge is 0.219 e. The number of fused-ring (bicyclic) bond motifs is 1. The van der Waals surface area contributed by atoms with Gasteiger partial charge in [-0.2, -0.15) is 0 Å². The molecule has 1 fully saturated rings. The van der Waals surface area contributed by atoms with Gasteiger partial charge in [-0.3, -0.25) is 4.79 Å². The summed E-state index contributed by atoms with van der Waals surface area (Å²) in [4.78, 5) is 23.0. The molecule has 4 aromatic rings. The number of nitrogens with zero attached hydrogens (tertiary/aromatic N) is 5. The molecular formula is C27H32N6O2. The van der Waals surface area contributed by atoms with Gasteiger partial charge in [-0.1, -0.05) is 6.07 Å². The highest BCUT2D eigenvalue weighted by atomic mass is 16.5. The molecule has 8 heteroatoms. The van der Waals surface area contributed by atoms with E-state index in [0.29, 0.717) is 5.92 Å². The SMILES string of the molecule is COc1cc(Nc2cccc3c2nc(CC2CCN(C(C)=O)CC2)n3C)ccc1-n1cnc(C)c1. The fraction of sp³-hybridized carbons (Fsp3) is 0.370. The van der Waals surface area contributed by atoms with Gasteiger partial charge in [0.1, 0.15) is 17.1 Å². The van der Waals surface area contributed by atoms with Gasteiger partial charge in [0, 0.05) is 51.4 Å². The first-order chi connectivity index (χ1) is 16.9. The molecule has 2 aromatic carbocycles. The number of anilines is 2. The molecule has 182 valence electrons. The number of imidazole rings is 2. The summed E-state index contributed by atoms with van der Waals surface area (Å²) in [6.07, 6.45) is 6.74. The van der Waals surface area contributed by atoms with Crippen LogP contribution in [0.1, 0.15) is 31.3 Å². The van der Waals surface area contributed by atoms with E-state index in [-0.39, 0.29) is 5.91 Å². The minimum Gasteiger partial charge on any atom is -0.494 e. The quantitative estimate of drug-likeness (QED) is 0.443. The van der Waals surface area contributed by atoms with Crippen LogP contribution >= 0.6 is 0 Å². The van der Waals surface area contributed by atoms with E-state index in [1.807, 2.05) is 40.8 Å². The summed E-state index contributed by atoms with van der Waals surface area (Å²) < 4.78 is 9.83. The van der Waals surface area contributed by atoms with E-state index in [1.165, 1.54) is 0 Å². The van der Waals surface area contributed by atoms with E-state index in [9.17, 15) is 4.79 Å². The number of benzene rings is 2. The van der Waals surface area contributed by atoms with Crippen LogP contribution in [0.3, 0.4) is 0 Å². The third-order valence-electron chi connectivity index (χ3n) is 6.98. The Bertz CT molecular complexity index is 1360. The number of piperidine rings is 1. The van der Waals surface area contributed by atoms with Gasteiger partial charge < -0.3 is 24.1 Å². The second-order valence-electron chi connectivity index (χ2n) is 9.35. The maximum absolute atomic E-state index is 11.6. The summed E-state index contributed by atoms with van der Waals surface area (Å²) in [5, 5.41) is 3.54. The number of para-hydroxylation sites is 1. The zero-order valence-corrected chi connectivity index (χ0v) is 20.8. The number of nitrogens with one attached hydrogen (secondary N) is 1. The maximum atomic E-state index is 11.6. The lowest BCUT2D eigenvalue weighted by Crippen LogP contribution is -2.37. The van der Waals surface area contributed by atoms with Gasteiger partial charge >= 0.3 is 0 Å². The first kappa shape index (κ1) is 23.0. The van der Waals surface area contributed by atoms with Crippen LogP contribution in [0.2, 0.25) is 0 Å². The number of hydrogen-bond donors (Lipinski definition) is 1. The molecule has 1 amide bonds. The van der Waals surface area contributed by atoms with Gasteiger partial charge in [0.2, 0.25) is 5.91 Å². The van der Waals surface area contributed by atoms with Crippen molar-refractivity contribution in [2.24, 2.45) is 13.0 Å². The van der Waals surface area contributed by atoms with Crippen molar-refractivity contribution in [3.63, 3.8) is 0 Å². The van der Waals surface area contributed by atoms with E-state index in [0.717, 1.165) is 77.7 Å². The normalized spacial score (nSPS) is 14.5. The maximum Gasteiger partial charge on any atom is 0.219 e. The Hall–Kier alpha value is -3.81. The third kappa shape index (κ3) is 4.60. The summed E-state index contributed by atoms with van der Waals surface area (Å²) in [6.45, 7) is 5.30. The first-order valence-electron chi connectivity index (χ1n) is 12.1. The van der Waals surface area contributed by atoms with Crippen molar-refractivity contribution in [3.8, 4) is 11.4 Å². The number of aryl methyl sites for hydroxylation is 2. The van der Waals surface area contributed by atoms with Crippen LogP contribution in [0.25, 0.3) is 16.7 Å². The molecule has 0 atom stereocenters. The fourth-order valence-electron chi connectivity index (χ4n) is 4.93. The lowest BCUT2D eigenvalue weighted by atomic mass is 9.93. The fourth-order valence-corrected chi connectivity index (χ4v) is 4.93. The van der Waals surface area contributed by atoms with Crippen molar-refractivity contribution < 1.29 is 9.53 Å². The average Bonchev–Trinajstić information content (AvgIpc) is 3.43. The van der Waals surface area contributed by atoms with Gasteiger partial charge in [0.25, 0.3) is 0 Å². The Morgan fingerprint density at radius 2 is 2.00 bits per heavy atom. The van der Waals surface area contributed by atoms with E-state index >= 15 is 0 Å². The standard InChI is InChI=1S/C27H32N6O2/c1-18-16-33(17-28-18)23-9-8-21(15-25(23)35-4)29-22-6-5-7-24-27(22)30-26(31(24)3)14-20-10-12-32(13-11-20)19(2)34/h5-9,15-17,20,29H,10-14H2,1-4H3. The van der Waals surface area contributed by atoms with E-state index in [4.69, 9.17) is 9.72 Å². The van der Waals surface area contributed by atoms with Crippen LogP contribution < -0.4 is 10.1 Å². The van der Waals surface area contributed by atoms with Crippen molar-refractivity contribution in [1.29, 1.82) is 0 Å². The second kappa shape index (κ2) is 9.44. The van der Waals surface area contributed by atoms with Crippen molar-refractivity contribution in [2.45, 2.75) is 33.1 Å². The number of rotatable bonds is 6. The Kier molecular flexibility index (Phi) is 6.19. The van der Waals surface area contributed by atoms with Crippen LogP contribution in [0.4, 0.5) is 11.4 Å². The molecule has 0 saturated carbocycles. The Balaban J connectivity index is 1.38. The number of ether oxygens (including phenoxy) is 1. The summed E-state index contributed by atoms with van der Waals surface area (Å²) in [5.41, 5.74) is 5.84. The monoisotopic (exact) mass is 472 g/mol. The zero-order valence-electron chi connectivity index (χ0n) is 20.8. The first-order valence-corrected chi connectivity index (χ1v) is 12.1. The number of amides is 1. The largest absolute Gasteiger partial charge is 0.494 e. The summed E-state index contributed by atoms with van der Waals surface area (Å²) >= 11 is 0. The molecule has 0 spiro atoms. The van der Waals surface area contributed by atoms with Gasteiger partial charge in [0.05, 0.1) is 36.0 Å². The number of aromatic nitrogens is 4. The van der Waals surface area contributed by atoms with Crippen LogP contribution in [0.5, 0.6) is 5.75 Å². The van der Waals surface area contributed by atoms with Crippen LogP contribution in [0.15, 0.2) is 48.9 Å². The molecule has 1 aliphatic rings. The van der Waals surface area contributed by atoms with Crippen molar-refractivity contribution in [2.75, 3.05) is 25.5 Å². The topological polar surface area (TPSA) is 77.2 Å². The molecule has 2 aromatic heterocycles. The average molecular weight is 473 g/mol. The second-order valence-corrected chi connectivity index (χ2v) is 9.35. The highest BCUT2D eigenvalue weighted by Gasteiger charge is 2.23. The Morgan fingerprint density at radius 1 is 1.20 bits per heavy atom. The lowest BCUT2D eigenvalue weighted by Gasteiger charge is -2.31. The predicted octanol–water partition coefficient (Wildman–Crippen LogP) is 4.62. The molecule has 1 aliphatic heterocycles. The van der Waals surface area contributed by atoms with Crippen molar-refractivity contribution in [3.05, 3.63) is 60.4 Å². The highest BCUT2D eigenvalue weighted by Crippen LogP contribution is 2.32. The molecule has 0 bridgehead atoms. The molecule has 1 saturated heterocycles. The molecule has 3 heterocycles. The number of carbonyl (C=O) groups is 1. The molecule has 0 radical (unpaired) electrons. The molecule has 1 N–H and O–H groups in total. The molecule has 5 rings (SSSR count). The summed E-state index contributed by atoms with van der Waals surface area (Å²) in [6, 6.07) is 12.3. The highest BCUT2D eigenvalue weighted by molar-refractivity contribution is 5.91. The number of methoxy groups -OCH3 is 1. The summed E-state index contributed by atoms with van der Waals surface area (Å²) in [5.74, 6) is 2.56. The number of likely N-dealkylation sites (tertiary alicyclic amines) is 1. The molecule has 8 nitrogen and oxygen atoms in total. The molecule has 0 aliphatic carbocycles. The van der Waals surface area contributed by atoms with Crippen LogP contribution in [0, 0.1) is 12.8 Å². The van der Waals surface area contributed by atoms with Gasteiger partial charge in [-0.25, -0.2) is 9.97 Å². The Morgan fingerprint density at radius 3 is 2.69 bits per heavy atom. The van der Waals surface area contributed by atoms with Gasteiger partial charge in [-0.15, -0.1) is 0 Å². The zero-order chi connectivity index (χ0) is 24.5. The molecule has 35 heavy (non-hydrogen) atoms. The van der Waals surface area contributed by atoms with Gasteiger partial charge in [0.15, 0.2) is 0 Å².